The van der Waals surface area contributed by atoms with Crippen LogP contribution in [0.2, 0.25) is 0 Å². The van der Waals surface area contributed by atoms with Gasteiger partial charge < -0.3 is 0 Å². The van der Waals surface area contributed by atoms with Crippen molar-refractivity contribution in [1.82, 2.24) is 0 Å². The van der Waals surface area contributed by atoms with Crippen molar-refractivity contribution < 1.29 is 22.0 Å². The quantitative estimate of drug-likeness (QED) is 0.505. The van der Waals surface area contributed by atoms with E-state index in [1.165, 1.54) is 15.9 Å². The largest absolute Gasteiger partial charge is 0.353 e. The molecule has 0 spiro atoms. The summed E-state index contributed by atoms with van der Waals surface area (Å²) in [6.45, 7) is 0. The molecule has 80 valence electrons. The zero-order chi connectivity index (χ0) is 11.1. The van der Waals surface area contributed by atoms with E-state index >= 15 is 0 Å². The van der Waals surface area contributed by atoms with Crippen molar-refractivity contribution in [3.63, 3.8) is 0 Å². The Morgan fingerprint density at radius 1 is 1.08 bits per heavy atom. The average Bonchev–Trinajstić information content (AvgIpc) is 1.84. The number of hydrogen-bond acceptors (Lipinski definition) is 0. The van der Waals surface area contributed by atoms with E-state index in [1.807, 2.05) is 15.9 Å². The topological polar surface area (TPSA) is 0 Å². The lowest BCUT2D eigenvalue weighted by atomic mass is 10.2. The van der Waals surface area contributed by atoms with Gasteiger partial charge in [0.15, 0.2) is 0 Å². The van der Waals surface area contributed by atoms with E-state index in [2.05, 4.69) is 23.2 Å². The van der Waals surface area contributed by atoms with Crippen LogP contribution < -0.4 is 0 Å². The van der Waals surface area contributed by atoms with Gasteiger partial charge in [0.05, 0.1) is 0 Å². The Morgan fingerprint density at radius 3 is 1.46 bits per heavy atom. The smallest absolute Gasteiger partial charge is 0.230 e. The summed E-state index contributed by atoms with van der Waals surface area (Å²) in [6.07, 6.45) is 0. The number of rotatable bonds is 3. The van der Waals surface area contributed by atoms with E-state index in [4.69, 9.17) is 0 Å². The zero-order valence-corrected chi connectivity index (χ0v) is 10.2. The van der Waals surface area contributed by atoms with Crippen molar-refractivity contribution >= 4 is 55.1 Å². The zero-order valence-electron chi connectivity index (χ0n) is 5.48. The number of alkyl halides is 9. The lowest BCUT2D eigenvalue weighted by molar-refractivity contribution is -0.0743. The van der Waals surface area contributed by atoms with Crippen LogP contribution >= 0.6 is 55.1 Å². The van der Waals surface area contributed by atoms with Gasteiger partial charge in [0.25, 0.3) is 5.13 Å². The monoisotopic (exact) mass is 372 g/mol. The molecule has 0 heterocycles. The van der Waals surface area contributed by atoms with Gasteiger partial charge in [-0.25, -0.2) is 13.2 Å². The summed E-state index contributed by atoms with van der Waals surface area (Å²) < 4.78 is 62.4. The first-order valence-corrected chi connectivity index (χ1v) is 5.01. The third-order valence-electron chi connectivity index (χ3n) is 1.05. The Labute approximate surface area is 97.0 Å². The third-order valence-corrected chi connectivity index (χ3v) is 3.78. The van der Waals surface area contributed by atoms with Crippen LogP contribution in [0.3, 0.4) is 0 Å². The molecule has 0 aliphatic rings. The Bertz CT molecular complexity index is 189. The highest BCUT2D eigenvalue weighted by molar-refractivity contribution is 9.10. The first kappa shape index (κ1) is 14.2. The van der Waals surface area contributed by atoms with Crippen LogP contribution in [0.4, 0.5) is 22.0 Å². The highest BCUT2D eigenvalue weighted by Crippen LogP contribution is 2.54. The van der Waals surface area contributed by atoms with E-state index in [0.29, 0.717) is 0 Å². The molecule has 0 aromatic heterocycles. The minimum absolute atomic E-state index is 1.45. The highest BCUT2D eigenvalue weighted by Gasteiger charge is 2.69. The molecule has 0 amide bonds. The van der Waals surface area contributed by atoms with Crippen molar-refractivity contribution in [3.05, 3.63) is 0 Å². The minimum Gasteiger partial charge on any atom is -0.230 e. The van der Waals surface area contributed by atoms with Crippen LogP contribution in [0.1, 0.15) is 0 Å². The molecule has 13 heavy (non-hydrogen) atoms. The van der Waals surface area contributed by atoms with E-state index in [0.717, 1.165) is 0 Å². The summed E-state index contributed by atoms with van der Waals surface area (Å²) >= 11 is 12.3. The lowest BCUT2D eigenvalue weighted by Crippen LogP contribution is -2.52. The second-order valence-electron chi connectivity index (χ2n) is 2.00. The molecule has 0 saturated heterocycles. The van der Waals surface area contributed by atoms with Gasteiger partial charge in [-0.2, -0.15) is 8.78 Å². The van der Waals surface area contributed by atoms with E-state index < -0.39 is 20.2 Å². The maximum atomic E-state index is 12.8. The first-order chi connectivity index (χ1) is 5.44. The van der Waals surface area contributed by atoms with Crippen molar-refractivity contribution in [1.29, 1.82) is 0 Å². The summed E-state index contributed by atoms with van der Waals surface area (Å²) in [6, 6.07) is 0. The van der Waals surface area contributed by atoms with Gasteiger partial charge in [-0.3, -0.25) is 0 Å². The Morgan fingerprint density at radius 2 is 1.38 bits per heavy atom. The third kappa shape index (κ3) is 2.60. The molecule has 0 aromatic rings. The summed E-state index contributed by atoms with van der Waals surface area (Å²) in [5.41, 5.74) is 0. The van der Waals surface area contributed by atoms with Crippen molar-refractivity contribution in [2.75, 3.05) is 0 Å². The SMILES string of the molecule is FC(Br)C(F)(Cl)C(F)(Cl)C(F)(F)Br. The van der Waals surface area contributed by atoms with E-state index in [-0.39, 0.29) is 0 Å². The molecular formula is C4HBr2Cl2F5. The molecule has 0 nitrogen and oxygen atoms in total. The molecule has 0 fully saturated rings. The van der Waals surface area contributed by atoms with Crippen molar-refractivity contribution in [2.45, 2.75) is 20.2 Å². The maximum Gasteiger partial charge on any atom is 0.353 e. The van der Waals surface area contributed by atoms with Crippen LogP contribution in [0, 0.1) is 0 Å². The van der Waals surface area contributed by atoms with Crippen molar-refractivity contribution in [3.8, 4) is 0 Å². The fourth-order valence-electron chi connectivity index (χ4n) is 0.326. The number of halogens is 9. The molecule has 9 heteroatoms. The van der Waals surface area contributed by atoms with Gasteiger partial charge in [-0.15, -0.1) is 0 Å². The summed E-state index contributed by atoms with van der Waals surface area (Å²) in [7, 11) is 0. The fraction of sp³-hybridized carbons (Fsp3) is 1.00. The summed E-state index contributed by atoms with van der Waals surface area (Å²) in [5.74, 6) is 0. The van der Waals surface area contributed by atoms with Gasteiger partial charge in [-0.05, 0) is 31.9 Å². The summed E-state index contributed by atoms with van der Waals surface area (Å²) in [4.78, 5) is -4.50. The van der Waals surface area contributed by atoms with E-state index in [9.17, 15) is 22.0 Å². The van der Waals surface area contributed by atoms with Gasteiger partial charge >= 0.3 is 9.96 Å². The lowest BCUT2D eigenvalue weighted by Gasteiger charge is -2.32. The molecule has 0 saturated carbocycles. The Balaban J connectivity index is 5.04. The normalized spacial score (nSPS) is 24.7. The number of hydrogen-bond donors (Lipinski definition) is 0. The molecule has 0 aliphatic carbocycles. The second-order valence-corrected chi connectivity index (χ2v) is 4.87. The van der Waals surface area contributed by atoms with Gasteiger partial charge in [0, 0.05) is 0 Å². The molecule has 0 rings (SSSR count). The van der Waals surface area contributed by atoms with Crippen LogP contribution in [0.15, 0.2) is 0 Å². The van der Waals surface area contributed by atoms with Crippen molar-refractivity contribution in [2.24, 2.45) is 0 Å². The van der Waals surface area contributed by atoms with Crippen LogP contribution in [0.25, 0.3) is 0 Å². The standard InChI is InChI=1S/C4HBr2Cl2F5/c5-1(9)2(7,10)3(8,11)4(6,12)13/h1H. The molecular weight excluding hydrogens is 374 g/mol. The van der Waals surface area contributed by atoms with E-state index in [1.54, 1.807) is 0 Å². The molecule has 3 atom stereocenters. The fourth-order valence-corrected chi connectivity index (χ4v) is 1.39. The van der Waals surface area contributed by atoms with Crippen LogP contribution in [-0.2, 0) is 0 Å². The van der Waals surface area contributed by atoms with Gasteiger partial charge in [0.1, 0.15) is 0 Å². The molecule has 0 bridgehead atoms. The molecule has 3 unspecified atom stereocenters. The Hall–Kier alpha value is 1.19. The predicted molar refractivity (Wildman–Crippen MR) is 47.1 cm³/mol. The second kappa shape index (κ2) is 3.98. The Kier molecular flexibility index (Phi) is 4.34. The van der Waals surface area contributed by atoms with Crippen LogP contribution in [0.5, 0.6) is 0 Å². The minimum atomic E-state index is -4.50. The highest BCUT2D eigenvalue weighted by atomic mass is 79.9. The first-order valence-electron chi connectivity index (χ1n) is 2.55. The van der Waals surface area contributed by atoms with Gasteiger partial charge in [-0.1, -0.05) is 23.2 Å². The predicted octanol–water partition coefficient (Wildman–Crippen LogP) is 4.47. The van der Waals surface area contributed by atoms with Gasteiger partial charge in [0.2, 0.25) is 5.08 Å². The van der Waals surface area contributed by atoms with Crippen LogP contribution in [-0.4, -0.2) is 20.2 Å². The summed E-state index contributed by atoms with van der Waals surface area (Å²) in [5, 5.41) is -11.4. The molecule has 0 aliphatic heterocycles. The maximum absolute atomic E-state index is 12.8. The average molecular weight is 375 g/mol. The molecule has 0 aromatic carbocycles. The molecule has 0 radical (unpaired) electrons. The molecule has 0 N–H and O–H groups in total.